The summed E-state index contributed by atoms with van der Waals surface area (Å²) in [6.07, 6.45) is -4.70. The Morgan fingerprint density at radius 2 is 1.52 bits per heavy atom. The van der Waals surface area contributed by atoms with Crippen LogP contribution in [0.2, 0.25) is 5.02 Å². The fourth-order valence-electron chi connectivity index (χ4n) is 3.76. The summed E-state index contributed by atoms with van der Waals surface area (Å²) < 4.78 is 62.9. The van der Waals surface area contributed by atoms with Crippen molar-refractivity contribution < 1.29 is 36.6 Å². The molecule has 0 atom stereocenters. The summed E-state index contributed by atoms with van der Waals surface area (Å²) >= 11 is 5.82. The van der Waals surface area contributed by atoms with E-state index in [0.29, 0.717) is 17.2 Å². The molecule has 0 radical (unpaired) electrons. The first-order valence-electron chi connectivity index (χ1n) is 12.4. The zero-order chi connectivity index (χ0) is 29.1. The van der Waals surface area contributed by atoms with E-state index >= 15 is 0 Å². The predicted octanol–water partition coefficient (Wildman–Crippen LogP) is 8.32. The number of halogens is 4. The van der Waals surface area contributed by atoms with Crippen molar-refractivity contribution in [1.29, 1.82) is 0 Å². The van der Waals surface area contributed by atoms with E-state index in [1.807, 2.05) is 20.8 Å². The summed E-state index contributed by atoms with van der Waals surface area (Å²) in [5.74, 6) is -2.62. The van der Waals surface area contributed by atoms with Gasteiger partial charge in [0.15, 0.2) is 0 Å². The molecule has 1 heterocycles. The minimum absolute atomic E-state index is 0.00976. The molecule has 0 amide bonds. The Labute approximate surface area is 233 Å². The lowest BCUT2D eigenvalue weighted by atomic mass is 9.87. The van der Waals surface area contributed by atoms with Crippen LogP contribution in [0.4, 0.5) is 13.2 Å². The molecule has 0 aliphatic heterocycles. The second-order valence-corrected chi connectivity index (χ2v) is 10.4. The maximum atomic E-state index is 13.9. The minimum atomic E-state index is -5.02. The van der Waals surface area contributed by atoms with E-state index in [2.05, 4.69) is 0 Å². The SMILES string of the molecule is CC(C)(C)c1ccc(Oc2c(C(F)(F)F)oc3cc(OC(=O)CCCOc4ccc(Cl)cc4)ccc3c2=O)cc1. The van der Waals surface area contributed by atoms with E-state index in [-0.39, 0.29) is 35.3 Å². The third-order valence-corrected chi connectivity index (χ3v) is 6.11. The van der Waals surface area contributed by atoms with Crippen LogP contribution in [0.3, 0.4) is 0 Å². The van der Waals surface area contributed by atoms with Gasteiger partial charge >= 0.3 is 12.1 Å². The zero-order valence-corrected chi connectivity index (χ0v) is 22.7. The molecule has 3 aromatic carbocycles. The number of alkyl halides is 3. The average molecular weight is 575 g/mol. The van der Waals surface area contributed by atoms with Crippen LogP contribution < -0.4 is 19.6 Å². The molecule has 0 spiro atoms. The molecule has 0 aliphatic carbocycles. The van der Waals surface area contributed by atoms with Crippen molar-refractivity contribution in [3.8, 4) is 23.0 Å². The number of ether oxygens (including phenoxy) is 3. The zero-order valence-electron chi connectivity index (χ0n) is 21.9. The van der Waals surface area contributed by atoms with E-state index in [0.717, 1.165) is 11.6 Å². The van der Waals surface area contributed by atoms with Crippen molar-refractivity contribution in [2.45, 2.75) is 45.2 Å². The van der Waals surface area contributed by atoms with Gasteiger partial charge in [-0.2, -0.15) is 13.2 Å². The van der Waals surface area contributed by atoms with Crippen molar-refractivity contribution in [2.75, 3.05) is 6.61 Å². The Bertz CT molecular complexity index is 1550. The molecule has 1 aromatic heterocycles. The first kappa shape index (κ1) is 29.0. The highest BCUT2D eigenvalue weighted by Crippen LogP contribution is 2.39. The van der Waals surface area contributed by atoms with Gasteiger partial charge in [0, 0.05) is 17.5 Å². The summed E-state index contributed by atoms with van der Waals surface area (Å²) in [4.78, 5) is 25.3. The van der Waals surface area contributed by atoms with Crippen LogP contribution in [0, 0.1) is 0 Å². The van der Waals surface area contributed by atoms with Crippen molar-refractivity contribution in [3.63, 3.8) is 0 Å². The predicted molar refractivity (Wildman–Crippen MR) is 145 cm³/mol. The molecule has 0 saturated carbocycles. The van der Waals surface area contributed by atoms with Crippen molar-refractivity contribution in [2.24, 2.45) is 0 Å². The van der Waals surface area contributed by atoms with Crippen LogP contribution in [-0.2, 0) is 16.4 Å². The molecule has 0 unspecified atom stereocenters. The second kappa shape index (κ2) is 11.6. The van der Waals surface area contributed by atoms with E-state index < -0.39 is 34.7 Å². The number of benzene rings is 3. The maximum absolute atomic E-state index is 13.9. The third-order valence-electron chi connectivity index (χ3n) is 5.86. The number of hydrogen-bond acceptors (Lipinski definition) is 6. The van der Waals surface area contributed by atoms with Gasteiger partial charge in [-0.25, -0.2) is 0 Å². The molecule has 210 valence electrons. The van der Waals surface area contributed by atoms with Gasteiger partial charge in [-0.3, -0.25) is 9.59 Å². The molecule has 10 heteroatoms. The summed E-state index contributed by atoms with van der Waals surface area (Å²) in [6.45, 7) is 6.21. The van der Waals surface area contributed by atoms with E-state index in [1.54, 1.807) is 36.4 Å². The van der Waals surface area contributed by atoms with Gasteiger partial charge in [0.25, 0.3) is 5.76 Å². The molecule has 4 rings (SSSR count). The first-order valence-corrected chi connectivity index (χ1v) is 12.7. The van der Waals surface area contributed by atoms with Gasteiger partial charge in [-0.15, -0.1) is 0 Å². The molecule has 0 fully saturated rings. The van der Waals surface area contributed by atoms with Crippen LogP contribution in [0.15, 0.2) is 75.9 Å². The van der Waals surface area contributed by atoms with Crippen LogP contribution in [0.1, 0.15) is 44.9 Å². The Balaban J connectivity index is 1.50. The highest BCUT2D eigenvalue weighted by Gasteiger charge is 2.40. The Kier molecular flexibility index (Phi) is 8.44. The topological polar surface area (TPSA) is 75.0 Å². The largest absolute Gasteiger partial charge is 0.494 e. The summed E-state index contributed by atoms with van der Waals surface area (Å²) in [6, 6.07) is 16.7. The lowest BCUT2D eigenvalue weighted by molar-refractivity contribution is -0.154. The van der Waals surface area contributed by atoms with Crippen LogP contribution >= 0.6 is 11.6 Å². The summed E-state index contributed by atoms with van der Waals surface area (Å²) in [5.41, 5.74) is -0.642. The Morgan fingerprint density at radius 3 is 2.15 bits per heavy atom. The van der Waals surface area contributed by atoms with Gasteiger partial charge in [0.05, 0.1) is 12.0 Å². The first-order chi connectivity index (χ1) is 18.8. The standard InChI is InChI=1S/C30H26ClF3O6/c1-29(2,3)18-6-10-21(11-7-18)39-27-26(36)23-15-14-22(17-24(23)40-28(27)30(32,33)34)38-25(35)5-4-16-37-20-12-8-19(31)9-13-20/h6-15,17H,4-5,16H2,1-3H3. The third kappa shape index (κ3) is 7.15. The normalized spacial score (nSPS) is 11.9. The second-order valence-electron chi connectivity index (χ2n) is 10.0. The smallest absolute Gasteiger partial charge is 0.453 e. The summed E-state index contributed by atoms with van der Waals surface area (Å²) in [7, 11) is 0. The highest BCUT2D eigenvalue weighted by atomic mass is 35.5. The van der Waals surface area contributed by atoms with Crippen molar-refractivity contribution >= 4 is 28.5 Å². The maximum Gasteiger partial charge on any atom is 0.453 e. The molecule has 40 heavy (non-hydrogen) atoms. The van der Waals surface area contributed by atoms with Gasteiger partial charge < -0.3 is 18.6 Å². The van der Waals surface area contributed by atoms with Crippen molar-refractivity contribution in [1.82, 2.24) is 0 Å². The molecule has 4 aromatic rings. The number of rotatable bonds is 8. The van der Waals surface area contributed by atoms with E-state index in [9.17, 15) is 22.8 Å². The van der Waals surface area contributed by atoms with Gasteiger partial charge in [0.1, 0.15) is 22.8 Å². The van der Waals surface area contributed by atoms with Gasteiger partial charge in [-0.1, -0.05) is 44.5 Å². The van der Waals surface area contributed by atoms with Gasteiger partial charge in [0.2, 0.25) is 11.2 Å². The average Bonchev–Trinajstić information content (AvgIpc) is 2.88. The fourth-order valence-corrected chi connectivity index (χ4v) is 3.89. The molecular weight excluding hydrogens is 549 g/mol. The Hall–Kier alpha value is -3.98. The Morgan fingerprint density at radius 1 is 0.900 bits per heavy atom. The van der Waals surface area contributed by atoms with Crippen LogP contribution in [-0.4, -0.2) is 12.6 Å². The van der Waals surface area contributed by atoms with E-state index in [4.69, 9.17) is 30.2 Å². The van der Waals surface area contributed by atoms with Crippen molar-refractivity contribution in [3.05, 3.63) is 93.3 Å². The molecule has 6 nitrogen and oxygen atoms in total. The summed E-state index contributed by atoms with van der Waals surface area (Å²) in [5, 5.41) is 0.407. The number of hydrogen-bond donors (Lipinski definition) is 0. The van der Waals surface area contributed by atoms with Crippen LogP contribution in [0.25, 0.3) is 11.0 Å². The highest BCUT2D eigenvalue weighted by molar-refractivity contribution is 6.30. The quantitative estimate of drug-likeness (QED) is 0.120. The number of fused-ring (bicyclic) bond motifs is 1. The monoisotopic (exact) mass is 574 g/mol. The van der Waals surface area contributed by atoms with E-state index in [1.165, 1.54) is 24.3 Å². The lowest BCUT2D eigenvalue weighted by Gasteiger charge is -2.19. The molecule has 0 bridgehead atoms. The minimum Gasteiger partial charge on any atom is -0.494 e. The number of carbonyl (C=O) groups excluding carboxylic acids is 1. The molecule has 0 saturated heterocycles. The number of carbonyl (C=O) groups is 1. The van der Waals surface area contributed by atoms with Crippen LogP contribution in [0.5, 0.6) is 23.0 Å². The molecular formula is C30H26ClF3O6. The number of esters is 1. The molecule has 0 N–H and O–H groups in total. The fraction of sp³-hybridized carbons (Fsp3) is 0.267. The van der Waals surface area contributed by atoms with Gasteiger partial charge in [-0.05, 0) is 65.9 Å². The lowest BCUT2D eigenvalue weighted by Crippen LogP contribution is -2.16. The molecule has 0 aliphatic rings.